The van der Waals surface area contributed by atoms with E-state index < -0.39 is 5.97 Å². The first-order valence-corrected chi connectivity index (χ1v) is 6.72. The highest BCUT2D eigenvalue weighted by Gasteiger charge is 2.24. The van der Waals surface area contributed by atoms with E-state index in [4.69, 9.17) is 0 Å². The lowest BCUT2D eigenvalue weighted by Crippen LogP contribution is -2.11. The molecule has 20 heavy (non-hydrogen) atoms. The van der Waals surface area contributed by atoms with E-state index in [9.17, 15) is 14.3 Å². The number of halogens is 1. The van der Waals surface area contributed by atoms with Crippen LogP contribution in [0.3, 0.4) is 0 Å². The molecule has 0 spiro atoms. The zero-order valence-electron chi connectivity index (χ0n) is 11.0. The second-order valence-electron chi connectivity index (χ2n) is 5.04. The lowest BCUT2D eigenvalue weighted by molar-refractivity contribution is 0.0688. The van der Waals surface area contributed by atoms with Crippen molar-refractivity contribution in [3.05, 3.63) is 52.6 Å². The van der Waals surface area contributed by atoms with Crippen LogP contribution >= 0.6 is 0 Å². The van der Waals surface area contributed by atoms with Crippen molar-refractivity contribution in [1.82, 2.24) is 9.78 Å². The summed E-state index contributed by atoms with van der Waals surface area (Å²) < 4.78 is 15.4. The lowest BCUT2D eigenvalue weighted by Gasteiger charge is -2.14. The molecule has 0 fully saturated rings. The third-order valence-electron chi connectivity index (χ3n) is 3.74. The summed E-state index contributed by atoms with van der Waals surface area (Å²) in [6.45, 7) is 0.280. The highest BCUT2D eigenvalue weighted by atomic mass is 19.1. The Kier molecular flexibility index (Phi) is 3.26. The van der Waals surface area contributed by atoms with Crippen LogP contribution in [0.2, 0.25) is 0 Å². The van der Waals surface area contributed by atoms with Gasteiger partial charge in [-0.15, -0.1) is 0 Å². The van der Waals surface area contributed by atoms with E-state index in [-0.39, 0.29) is 18.1 Å². The maximum atomic E-state index is 13.7. The van der Waals surface area contributed by atoms with Crippen molar-refractivity contribution in [2.75, 3.05) is 0 Å². The fourth-order valence-electron chi connectivity index (χ4n) is 2.76. The van der Waals surface area contributed by atoms with Crippen molar-refractivity contribution in [2.24, 2.45) is 0 Å². The molecule has 4 nitrogen and oxygen atoms in total. The molecule has 3 rings (SSSR count). The van der Waals surface area contributed by atoms with Gasteiger partial charge in [-0.25, -0.2) is 9.18 Å². The zero-order chi connectivity index (χ0) is 14.1. The Morgan fingerprint density at radius 2 is 2.05 bits per heavy atom. The van der Waals surface area contributed by atoms with Gasteiger partial charge in [0, 0.05) is 16.8 Å². The van der Waals surface area contributed by atoms with Gasteiger partial charge in [0.1, 0.15) is 5.82 Å². The van der Waals surface area contributed by atoms with Gasteiger partial charge in [0.25, 0.3) is 0 Å². The Bertz CT molecular complexity index is 664. The summed E-state index contributed by atoms with van der Waals surface area (Å²) in [5, 5.41) is 13.4. The van der Waals surface area contributed by atoms with Gasteiger partial charge in [-0.05, 0) is 31.7 Å². The SMILES string of the molecule is O=C(O)c1nn(Cc2ccccc2F)c2c1CCCC2. The molecule has 0 saturated heterocycles. The predicted molar refractivity (Wildman–Crippen MR) is 71.3 cm³/mol. The first-order valence-electron chi connectivity index (χ1n) is 6.72. The van der Waals surface area contributed by atoms with Crippen molar-refractivity contribution >= 4 is 5.97 Å². The number of benzene rings is 1. The number of carbonyl (C=O) groups is 1. The van der Waals surface area contributed by atoms with E-state index in [2.05, 4.69) is 5.10 Å². The van der Waals surface area contributed by atoms with Crippen LogP contribution < -0.4 is 0 Å². The number of aromatic carboxylic acids is 1. The molecule has 2 aromatic rings. The molecule has 1 heterocycles. The van der Waals surface area contributed by atoms with Crippen molar-refractivity contribution in [2.45, 2.75) is 32.2 Å². The minimum absolute atomic E-state index is 0.121. The number of hydrogen-bond donors (Lipinski definition) is 1. The highest BCUT2D eigenvalue weighted by Crippen LogP contribution is 2.25. The molecule has 0 bridgehead atoms. The van der Waals surface area contributed by atoms with Gasteiger partial charge in [-0.1, -0.05) is 18.2 Å². The fraction of sp³-hybridized carbons (Fsp3) is 0.333. The molecule has 0 unspecified atom stereocenters. The van der Waals surface area contributed by atoms with Gasteiger partial charge in [-0.2, -0.15) is 5.10 Å². The van der Waals surface area contributed by atoms with Crippen molar-refractivity contribution in [3.63, 3.8) is 0 Å². The molecule has 0 amide bonds. The molecule has 1 aromatic carbocycles. The summed E-state index contributed by atoms with van der Waals surface area (Å²) in [5.41, 5.74) is 2.41. The molecule has 0 radical (unpaired) electrons. The average molecular weight is 274 g/mol. The van der Waals surface area contributed by atoms with Gasteiger partial charge in [0.2, 0.25) is 0 Å². The summed E-state index contributed by atoms with van der Waals surface area (Å²) in [6, 6.07) is 6.52. The number of aromatic nitrogens is 2. The normalized spacial score (nSPS) is 14.1. The molecule has 0 saturated carbocycles. The monoisotopic (exact) mass is 274 g/mol. The van der Waals surface area contributed by atoms with Crippen LogP contribution in [-0.2, 0) is 19.4 Å². The molecule has 1 aromatic heterocycles. The minimum Gasteiger partial charge on any atom is -0.476 e. The third kappa shape index (κ3) is 2.19. The molecule has 1 aliphatic rings. The van der Waals surface area contributed by atoms with Crippen LogP contribution in [0, 0.1) is 5.82 Å². The van der Waals surface area contributed by atoms with Crippen LogP contribution in [0.25, 0.3) is 0 Å². The molecule has 1 N–H and O–H groups in total. The van der Waals surface area contributed by atoms with Crippen LogP contribution in [0.5, 0.6) is 0 Å². The van der Waals surface area contributed by atoms with E-state index in [1.54, 1.807) is 22.9 Å². The molecule has 5 heteroatoms. The van der Waals surface area contributed by atoms with Crippen molar-refractivity contribution < 1.29 is 14.3 Å². The fourth-order valence-corrected chi connectivity index (χ4v) is 2.76. The van der Waals surface area contributed by atoms with Gasteiger partial charge in [-0.3, -0.25) is 4.68 Å². The Morgan fingerprint density at radius 1 is 1.30 bits per heavy atom. The van der Waals surface area contributed by atoms with Crippen molar-refractivity contribution in [3.8, 4) is 0 Å². The van der Waals surface area contributed by atoms with E-state index >= 15 is 0 Å². The van der Waals surface area contributed by atoms with Gasteiger partial charge >= 0.3 is 5.97 Å². The van der Waals surface area contributed by atoms with E-state index in [1.165, 1.54) is 6.07 Å². The number of carboxylic acids is 1. The Hall–Kier alpha value is -2.17. The van der Waals surface area contributed by atoms with Crippen LogP contribution in [0.15, 0.2) is 24.3 Å². The highest BCUT2D eigenvalue weighted by molar-refractivity contribution is 5.87. The van der Waals surface area contributed by atoms with E-state index in [0.29, 0.717) is 5.56 Å². The maximum Gasteiger partial charge on any atom is 0.356 e. The summed E-state index contributed by atoms with van der Waals surface area (Å²) >= 11 is 0. The molecule has 0 aliphatic heterocycles. The molecule has 104 valence electrons. The first-order chi connectivity index (χ1) is 9.66. The number of hydrogen-bond acceptors (Lipinski definition) is 2. The standard InChI is InChI=1S/C15H15FN2O2/c16-12-7-3-1-5-10(12)9-18-13-8-4-2-6-11(13)14(17-18)15(19)20/h1,3,5,7H,2,4,6,8-9H2,(H,19,20). The number of nitrogens with zero attached hydrogens (tertiary/aromatic N) is 2. The molecule has 1 aliphatic carbocycles. The summed E-state index contributed by atoms with van der Waals surface area (Å²) in [5.74, 6) is -1.29. The largest absolute Gasteiger partial charge is 0.476 e. The van der Waals surface area contributed by atoms with E-state index in [1.807, 2.05) is 0 Å². The maximum absolute atomic E-state index is 13.7. The third-order valence-corrected chi connectivity index (χ3v) is 3.74. The number of carboxylic acid groups (broad SMARTS) is 1. The number of fused-ring (bicyclic) bond motifs is 1. The average Bonchev–Trinajstić information content (AvgIpc) is 2.81. The lowest BCUT2D eigenvalue weighted by atomic mass is 9.95. The second-order valence-corrected chi connectivity index (χ2v) is 5.04. The Balaban J connectivity index is 2.02. The quantitative estimate of drug-likeness (QED) is 0.936. The van der Waals surface area contributed by atoms with Gasteiger partial charge < -0.3 is 5.11 Å². The molecular formula is C15H15FN2O2. The van der Waals surface area contributed by atoms with Gasteiger partial charge in [0.05, 0.1) is 6.54 Å². The Morgan fingerprint density at radius 3 is 2.80 bits per heavy atom. The summed E-state index contributed by atoms with van der Waals surface area (Å²) in [4.78, 5) is 11.3. The summed E-state index contributed by atoms with van der Waals surface area (Å²) in [6.07, 6.45) is 3.56. The van der Waals surface area contributed by atoms with Gasteiger partial charge in [0.15, 0.2) is 5.69 Å². The molecule has 0 atom stereocenters. The second kappa shape index (κ2) is 5.07. The van der Waals surface area contributed by atoms with Crippen LogP contribution in [0.4, 0.5) is 4.39 Å². The number of rotatable bonds is 3. The zero-order valence-corrected chi connectivity index (χ0v) is 11.0. The molecular weight excluding hydrogens is 259 g/mol. The Labute approximate surface area is 115 Å². The minimum atomic E-state index is -1.00. The first kappa shape index (κ1) is 12.8. The van der Waals surface area contributed by atoms with Crippen molar-refractivity contribution in [1.29, 1.82) is 0 Å². The smallest absolute Gasteiger partial charge is 0.356 e. The predicted octanol–water partition coefficient (Wildman–Crippen LogP) is 2.65. The topological polar surface area (TPSA) is 55.1 Å². The summed E-state index contributed by atoms with van der Waals surface area (Å²) in [7, 11) is 0. The van der Waals surface area contributed by atoms with Crippen LogP contribution in [-0.4, -0.2) is 20.9 Å². The van der Waals surface area contributed by atoms with Crippen LogP contribution in [0.1, 0.15) is 40.2 Å². The van der Waals surface area contributed by atoms with E-state index in [0.717, 1.165) is 36.9 Å².